The molecule has 134 valence electrons. The van der Waals surface area contributed by atoms with Crippen molar-refractivity contribution in [1.29, 1.82) is 0 Å². The Hall–Kier alpha value is -2.02. The van der Waals surface area contributed by atoms with Crippen molar-refractivity contribution < 1.29 is 21.6 Å². The molecule has 7 heteroatoms. The fraction of sp³-hybridized carbons (Fsp3) is 0.333. The smallest absolute Gasteiger partial charge is 0.374 e. The zero-order chi connectivity index (χ0) is 18.2. The van der Waals surface area contributed by atoms with Crippen molar-refractivity contribution in [2.75, 3.05) is 5.32 Å². The van der Waals surface area contributed by atoms with Gasteiger partial charge in [-0.1, -0.05) is 29.8 Å². The molecule has 0 bridgehead atoms. The number of sulfone groups is 1. The van der Waals surface area contributed by atoms with Crippen molar-refractivity contribution in [1.82, 2.24) is 0 Å². The minimum absolute atomic E-state index is 0.0509. The van der Waals surface area contributed by atoms with Crippen molar-refractivity contribution in [2.45, 2.75) is 42.6 Å². The van der Waals surface area contributed by atoms with Crippen molar-refractivity contribution >= 4 is 15.5 Å². The van der Waals surface area contributed by atoms with E-state index in [1.807, 2.05) is 6.92 Å². The Bertz CT molecular complexity index is 874. The van der Waals surface area contributed by atoms with Gasteiger partial charge in [-0.25, -0.2) is 8.42 Å². The summed E-state index contributed by atoms with van der Waals surface area (Å²) < 4.78 is 63.4. The molecular formula is C18H18F3NO2S. The van der Waals surface area contributed by atoms with E-state index >= 15 is 0 Å². The Balaban J connectivity index is 1.80. The minimum atomic E-state index is -4.29. The Labute approximate surface area is 144 Å². The fourth-order valence-electron chi connectivity index (χ4n) is 2.94. The van der Waals surface area contributed by atoms with Crippen LogP contribution in [0.4, 0.5) is 18.9 Å². The number of hydrogen-bond acceptors (Lipinski definition) is 3. The van der Waals surface area contributed by atoms with Crippen molar-refractivity contribution in [3.63, 3.8) is 0 Å². The molecule has 25 heavy (non-hydrogen) atoms. The Kier molecular flexibility index (Phi) is 4.53. The van der Waals surface area contributed by atoms with Gasteiger partial charge in [0.2, 0.25) is 0 Å². The molecule has 0 aliphatic carbocycles. The van der Waals surface area contributed by atoms with Crippen LogP contribution in [0.1, 0.15) is 23.1 Å². The molecule has 3 rings (SSSR count). The first-order chi connectivity index (χ1) is 11.6. The van der Waals surface area contributed by atoms with Crippen LogP contribution >= 0.6 is 0 Å². The zero-order valence-electron chi connectivity index (χ0n) is 13.6. The summed E-state index contributed by atoms with van der Waals surface area (Å²) in [6.45, 7) is 1.88. The van der Waals surface area contributed by atoms with E-state index in [1.54, 1.807) is 36.4 Å². The number of hydrogen-bond donors (Lipinski definition) is 1. The number of halogens is 3. The highest BCUT2D eigenvalue weighted by molar-refractivity contribution is 7.90. The van der Waals surface area contributed by atoms with Gasteiger partial charge in [0.05, 0.1) is 10.6 Å². The Morgan fingerprint density at radius 2 is 1.80 bits per heavy atom. The van der Waals surface area contributed by atoms with Crippen molar-refractivity contribution in [3.8, 4) is 0 Å². The molecule has 1 aliphatic heterocycles. The van der Waals surface area contributed by atoms with Crippen LogP contribution in [0, 0.1) is 6.92 Å². The SMILES string of the molecule is Cc1ccc(S(=O)(=O)Cc2ccc3c(c2)CCC(C(F)(F)F)N3)cc1. The number of benzene rings is 2. The van der Waals surface area contributed by atoms with Gasteiger partial charge in [-0.15, -0.1) is 0 Å². The number of aryl methyl sites for hydroxylation is 2. The molecule has 1 unspecified atom stereocenters. The number of anilines is 1. The first-order valence-electron chi connectivity index (χ1n) is 7.90. The van der Waals surface area contributed by atoms with E-state index in [4.69, 9.17) is 0 Å². The molecular weight excluding hydrogens is 351 g/mol. The van der Waals surface area contributed by atoms with Gasteiger partial charge in [-0.3, -0.25) is 0 Å². The fourth-order valence-corrected chi connectivity index (χ4v) is 4.27. The average Bonchev–Trinajstić information content (AvgIpc) is 2.53. The quantitative estimate of drug-likeness (QED) is 0.879. The third-order valence-electron chi connectivity index (χ3n) is 4.33. The van der Waals surface area contributed by atoms with Crippen LogP contribution in [0.2, 0.25) is 0 Å². The lowest BCUT2D eigenvalue weighted by molar-refractivity contribution is -0.144. The summed E-state index contributed by atoms with van der Waals surface area (Å²) in [6, 6.07) is 9.84. The summed E-state index contributed by atoms with van der Waals surface area (Å²) in [5.41, 5.74) is 2.69. The van der Waals surface area contributed by atoms with Crippen LogP contribution in [-0.2, 0) is 22.0 Å². The van der Waals surface area contributed by atoms with E-state index in [0.717, 1.165) is 11.1 Å². The molecule has 0 aromatic heterocycles. The topological polar surface area (TPSA) is 46.2 Å². The second-order valence-corrected chi connectivity index (χ2v) is 8.33. The van der Waals surface area contributed by atoms with E-state index in [1.165, 1.54) is 6.07 Å². The molecule has 1 N–H and O–H groups in total. The predicted molar refractivity (Wildman–Crippen MR) is 90.3 cm³/mol. The third kappa shape index (κ3) is 3.98. The molecule has 1 aliphatic rings. The van der Waals surface area contributed by atoms with E-state index in [-0.39, 0.29) is 23.5 Å². The highest BCUT2D eigenvalue weighted by atomic mass is 32.2. The molecule has 2 aromatic carbocycles. The standard InChI is InChI=1S/C18H18F3NO2S/c1-12-2-6-15(7-3-12)25(23,24)11-13-4-8-16-14(10-13)5-9-17(22-16)18(19,20)21/h2-4,6-8,10,17,22H,5,9,11H2,1H3. The highest BCUT2D eigenvalue weighted by Gasteiger charge is 2.41. The molecule has 3 nitrogen and oxygen atoms in total. The second-order valence-electron chi connectivity index (χ2n) is 6.34. The summed E-state index contributed by atoms with van der Waals surface area (Å²) in [5.74, 6) is -0.175. The van der Waals surface area contributed by atoms with Crippen LogP contribution in [0.15, 0.2) is 47.4 Å². The maximum absolute atomic E-state index is 12.8. The molecule has 1 atom stereocenters. The Morgan fingerprint density at radius 3 is 2.44 bits per heavy atom. The van der Waals surface area contributed by atoms with Gasteiger partial charge in [0.15, 0.2) is 9.84 Å². The van der Waals surface area contributed by atoms with Gasteiger partial charge in [-0.05, 0) is 49.1 Å². The minimum Gasteiger partial charge on any atom is -0.374 e. The Morgan fingerprint density at radius 1 is 1.12 bits per heavy atom. The molecule has 0 saturated carbocycles. The van der Waals surface area contributed by atoms with E-state index in [9.17, 15) is 21.6 Å². The first-order valence-corrected chi connectivity index (χ1v) is 9.55. The third-order valence-corrected chi connectivity index (χ3v) is 6.04. The van der Waals surface area contributed by atoms with Crippen LogP contribution in [-0.4, -0.2) is 20.6 Å². The average molecular weight is 369 g/mol. The molecule has 0 spiro atoms. The van der Waals surface area contributed by atoms with Gasteiger partial charge in [0.25, 0.3) is 0 Å². The monoisotopic (exact) mass is 369 g/mol. The van der Waals surface area contributed by atoms with Crippen LogP contribution in [0.3, 0.4) is 0 Å². The lowest BCUT2D eigenvalue weighted by Crippen LogP contribution is -2.39. The molecule has 0 amide bonds. The van der Waals surface area contributed by atoms with Gasteiger partial charge < -0.3 is 5.32 Å². The molecule has 0 radical (unpaired) electrons. The van der Waals surface area contributed by atoms with Crippen LogP contribution in [0.25, 0.3) is 0 Å². The van der Waals surface area contributed by atoms with Gasteiger partial charge in [0, 0.05) is 5.69 Å². The van der Waals surface area contributed by atoms with Crippen molar-refractivity contribution in [2.24, 2.45) is 0 Å². The van der Waals surface area contributed by atoms with Gasteiger partial charge >= 0.3 is 6.18 Å². The van der Waals surface area contributed by atoms with E-state index in [2.05, 4.69) is 5.32 Å². The lowest BCUT2D eigenvalue weighted by atomic mass is 9.96. The molecule has 1 heterocycles. The maximum atomic E-state index is 12.8. The van der Waals surface area contributed by atoms with E-state index < -0.39 is 22.1 Å². The summed E-state index contributed by atoms with van der Waals surface area (Å²) in [5, 5.41) is 2.49. The maximum Gasteiger partial charge on any atom is 0.408 e. The highest BCUT2D eigenvalue weighted by Crippen LogP contribution is 2.34. The summed E-state index contributed by atoms with van der Waals surface area (Å²) in [7, 11) is -3.49. The lowest BCUT2D eigenvalue weighted by Gasteiger charge is -2.29. The number of nitrogens with one attached hydrogen (secondary N) is 1. The zero-order valence-corrected chi connectivity index (χ0v) is 14.4. The second kappa shape index (κ2) is 6.37. The number of rotatable bonds is 3. The summed E-state index contributed by atoms with van der Waals surface area (Å²) in [4.78, 5) is 0.242. The molecule has 0 fully saturated rings. The predicted octanol–water partition coefficient (Wildman–Crippen LogP) is 4.26. The number of alkyl halides is 3. The van der Waals surface area contributed by atoms with Crippen molar-refractivity contribution in [3.05, 3.63) is 59.2 Å². The largest absolute Gasteiger partial charge is 0.408 e. The number of fused-ring (bicyclic) bond motifs is 1. The normalized spacial score (nSPS) is 17.7. The van der Waals surface area contributed by atoms with Crippen LogP contribution < -0.4 is 5.32 Å². The van der Waals surface area contributed by atoms with E-state index in [0.29, 0.717) is 11.3 Å². The first kappa shape index (κ1) is 17.8. The van der Waals surface area contributed by atoms with Crippen LogP contribution in [0.5, 0.6) is 0 Å². The summed E-state index contributed by atoms with van der Waals surface area (Å²) >= 11 is 0. The van der Waals surface area contributed by atoms with Gasteiger partial charge in [0.1, 0.15) is 6.04 Å². The summed E-state index contributed by atoms with van der Waals surface area (Å²) in [6.07, 6.45) is -4.07. The molecule has 0 saturated heterocycles. The van der Waals surface area contributed by atoms with Gasteiger partial charge in [-0.2, -0.15) is 13.2 Å². The molecule has 2 aromatic rings.